The molecule has 0 heterocycles. The summed E-state index contributed by atoms with van der Waals surface area (Å²) in [7, 11) is 0. The van der Waals surface area contributed by atoms with Crippen LogP contribution in [-0.4, -0.2) is 18.1 Å². The molecule has 0 atom stereocenters. The largest absolute Gasteiger partial charge is 0.466 e. The Morgan fingerprint density at radius 1 is 1.64 bits per heavy atom. The maximum atomic E-state index is 10.9. The minimum absolute atomic E-state index is 0.231. The second-order valence-corrected chi connectivity index (χ2v) is 3.15. The first-order chi connectivity index (χ1) is 5.02. The molecule has 0 radical (unpaired) electrons. The van der Waals surface area contributed by atoms with Gasteiger partial charge < -0.3 is 4.74 Å². The van der Waals surface area contributed by atoms with Crippen LogP contribution in [-0.2, 0) is 9.53 Å². The van der Waals surface area contributed by atoms with Crippen LogP contribution in [0.3, 0.4) is 0 Å². The van der Waals surface area contributed by atoms with Crippen LogP contribution in [0.15, 0.2) is 0 Å². The first-order valence-corrected chi connectivity index (χ1v) is 3.93. The van der Waals surface area contributed by atoms with E-state index in [4.69, 9.17) is 16.5 Å². The SMILES string of the molecule is CCOC(=O)CC(C)(C)NCl. The van der Waals surface area contributed by atoms with Crippen molar-refractivity contribution in [3.63, 3.8) is 0 Å². The summed E-state index contributed by atoms with van der Waals surface area (Å²) in [5.74, 6) is -0.231. The van der Waals surface area contributed by atoms with Gasteiger partial charge in [0.25, 0.3) is 0 Å². The highest BCUT2D eigenvalue weighted by Crippen LogP contribution is 2.09. The highest BCUT2D eigenvalue weighted by molar-refractivity contribution is 6.14. The Kier molecular flexibility index (Phi) is 4.45. The van der Waals surface area contributed by atoms with Gasteiger partial charge in [0, 0.05) is 5.54 Å². The van der Waals surface area contributed by atoms with Gasteiger partial charge in [-0.3, -0.25) is 4.79 Å². The molecule has 0 saturated heterocycles. The molecule has 4 heteroatoms. The van der Waals surface area contributed by atoms with E-state index in [9.17, 15) is 4.79 Å². The molecule has 0 rings (SSSR count). The van der Waals surface area contributed by atoms with Crippen molar-refractivity contribution in [2.24, 2.45) is 0 Å². The van der Waals surface area contributed by atoms with Gasteiger partial charge in [0.15, 0.2) is 0 Å². The zero-order valence-electron chi connectivity index (χ0n) is 7.11. The lowest BCUT2D eigenvalue weighted by molar-refractivity contribution is -0.144. The van der Waals surface area contributed by atoms with Gasteiger partial charge in [-0.2, -0.15) is 0 Å². The van der Waals surface area contributed by atoms with Gasteiger partial charge in [-0.25, -0.2) is 4.84 Å². The Morgan fingerprint density at radius 3 is 2.55 bits per heavy atom. The van der Waals surface area contributed by atoms with E-state index < -0.39 is 5.54 Å². The highest BCUT2D eigenvalue weighted by Gasteiger charge is 2.20. The summed E-state index contributed by atoms with van der Waals surface area (Å²) >= 11 is 5.38. The van der Waals surface area contributed by atoms with Crippen LogP contribution in [0.25, 0.3) is 0 Å². The standard InChI is InChI=1S/C7H14ClNO2/c1-4-11-6(10)5-7(2,3)9-8/h9H,4-5H2,1-3H3. The molecule has 0 aliphatic carbocycles. The molecule has 0 aromatic carbocycles. The van der Waals surface area contributed by atoms with Gasteiger partial charge in [0.05, 0.1) is 13.0 Å². The summed E-state index contributed by atoms with van der Waals surface area (Å²) in [5, 5.41) is 0. The minimum atomic E-state index is -0.395. The third-order valence-corrected chi connectivity index (χ3v) is 1.66. The summed E-state index contributed by atoms with van der Waals surface area (Å²) in [4.78, 5) is 13.4. The quantitative estimate of drug-likeness (QED) is 0.525. The average molecular weight is 180 g/mol. The van der Waals surface area contributed by atoms with E-state index in [0.717, 1.165) is 0 Å². The van der Waals surface area contributed by atoms with Crippen LogP contribution in [0.2, 0.25) is 0 Å². The molecular formula is C7H14ClNO2. The number of carbonyl (C=O) groups is 1. The van der Waals surface area contributed by atoms with Crippen LogP contribution in [0, 0.1) is 0 Å². The number of halogens is 1. The number of nitrogens with one attached hydrogen (secondary N) is 1. The molecular weight excluding hydrogens is 166 g/mol. The number of esters is 1. The lowest BCUT2D eigenvalue weighted by atomic mass is 10.0. The van der Waals surface area contributed by atoms with Crippen LogP contribution in [0.1, 0.15) is 27.2 Å². The number of carbonyl (C=O) groups excluding carboxylic acids is 1. The minimum Gasteiger partial charge on any atom is -0.466 e. The van der Waals surface area contributed by atoms with Gasteiger partial charge in [-0.05, 0) is 32.5 Å². The smallest absolute Gasteiger partial charge is 0.307 e. The van der Waals surface area contributed by atoms with E-state index in [-0.39, 0.29) is 12.4 Å². The molecule has 0 fully saturated rings. The molecule has 0 spiro atoms. The second-order valence-electron chi connectivity index (χ2n) is 2.96. The molecule has 0 saturated carbocycles. The summed E-state index contributed by atoms with van der Waals surface area (Å²) < 4.78 is 4.74. The number of ether oxygens (including phenoxy) is 1. The fourth-order valence-electron chi connectivity index (χ4n) is 0.606. The van der Waals surface area contributed by atoms with Crippen molar-refractivity contribution in [1.82, 2.24) is 4.84 Å². The van der Waals surface area contributed by atoms with Crippen molar-refractivity contribution in [3.05, 3.63) is 0 Å². The Labute approximate surface area is 72.2 Å². The number of hydrogen-bond acceptors (Lipinski definition) is 3. The molecule has 1 N–H and O–H groups in total. The van der Waals surface area contributed by atoms with Crippen molar-refractivity contribution in [2.45, 2.75) is 32.7 Å². The normalized spacial score (nSPS) is 11.3. The van der Waals surface area contributed by atoms with Gasteiger partial charge >= 0.3 is 5.97 Å². The van der Waals surface area contributed by atoms with E-state index in [1.165, 1.54) is 0 Å². The molecule has 0 aromatic heterocycles. The van der Waals surface area contributed by atoms with E-state index >= 15 is 0 Å². The third kappa shape index (κ3) is 5.04. The van der Waals surface area contributed by atoms with Crippen molar-refractivity contribution < 1.29 is 9.53 Å². The molecule has 0 amide bonds. The first kappa shape index (κ1) is 10.7. The molecule has 11 heavy (non-hydrogen) atoms. The van der Waals surface area contributed by atoms with Crippen LogP contribution < -0.4 is 4.84 Å². The zero-order valence-corrected chi connectivity index (χ0v) is 7.86. The van der Waals surface area contributed by atoms with Crippen LogP contribution >= 0.6 is 11.8 Å². The molecule has 0 bridgehead atoms. The van der Waals surface area contributed by atoms with Crippen molar-refractivity contribution in [3.8, 4) is 0 Å². The highest BCUT2D eigenvalue weighted by atomic mass is 35.5. The van der Waals surface area contributed by atoms with Gasteiger partial charge in [0.2, 0.25) is 0 Å². The van der Waals surface area contributed by atoms with Crippen molar-refractivity contribution >= 4 is 17.7 Å². The van der Waals surface area contributed by atoms with Gasteiger partial charge in [-0.1, -0.05) is 0 Å². The Bertz CT molecular complexity index is 136. The van der Waals surface area contributed by atoms with Crippen LogP contribution in [0.5, 0.6) is 0 Å². The molecule has 0 aliphatic heterocycles. The monoisotopic (exact) mass is 179 g/mol. The topological polar surface area (TPSA) is 38.3 Å². The maximum absolute atomic E-state index is 10.9. The molecule has 66 valence electrons. The average Bonchev–Trinajstić information content (AvgIpc) is 1.87. The summed E-state index contributed by atoms with van der Waals surface area (Å²) in [5.41, 5.74) is -0.395. The Hall–Kier alpha value is -0.280. The number of rotatable bonds is 4. The third-order valence-electron chi connectivity index (χ3n) is 1.15. The summed E-state index contributed by atoms with van der Waals surface area (Å²) in [6.07, 6.45) is 0.282. The number of hydrogen-bond donors (Lipinski definition) is 1. The fraction of sp³-hybridized carbons (Fsp3) is 0.857. The lowest BCUT2D eigenvalue weighted by Crippen LogP contribution is -2.35. The second kappa shape index (κ2) is 4.57. The zero-order chi connectivity index (χ0) is 8.91. The van der Waals surface area contributed by atoms with E-state index in [1.54, 1.807) is 6.92 Å². The van der Waals surface area contributed by atoms with Gasteiger partial charge in [0.1, 0.15) is 0 Å². The first-order valence-electron chi connectivity index (χ1n) is 3.55. The molecule has 0 aliphatic rings. The van der Waals surface area contributed by atoms with Crippen LogP contribution in [0.4, 0.5) is 0 Å². The molecule has 0 unspecified atom stereocenters. The Morgan fingerprint density at radius 2 is 2.18 bits per heavy atom. The summed E-state index contributed by atoms with van der Waals surface area (Å²) in [6, 6.07) is 0. The lowest BCUT2D eigenvalue weighted by Gasteiger charge is -2.20. The van der Waals surface area contributed by atoms with E-state index in [2.05, 4.69) is 4.84 Å². The maximum Gasteiger partial charge on any atom is 0.307 e. The predicted molar refractivity (Wildman–Crippen MR) is 44.3 cm³/mol. The van der Waals surface area contributed by atoms with Gasteiger partial charge in [-0.15, -0.1) is 0 Å². The Balaban J connectivity index is 3.74. The molecule has 0 aromatic rings. The van der Waals surface area contributed by atoms with Crippen molar-refractivity contribution in [2.75, 3.05) is 6.61 Å². The molecule has 3 nitrogen and oxygen atoms in total. The van der Waals surface area contributed by atoms with E-state index in [1.807, 2.05) is 13.8 Å². The fourth-order valence-corrected chi connectivity index (χ4v) is 0.673. The predicted octanol–water partition coefficient (Wildman–Crippen LogP) is 1.46. The van der Waals surface area contributed by atoms with E-state index in [0.29, 0.717) is 6.61 Å². The van der Waals surface area contributed by atoms with Crippen molar-refractivity contribution in [1.29, 1.82) is 0 Å². The summed E-state index contributed by atoms with van der Waals surface area (Å²) in [6.45, 7) is 5.85.